The predicted octanol–water partition coefficient (Wildman–Crippen LogP) is 2.93. The average molecular weight is 249 g/mol. The molecule has 1 aromatic carbocycles. The van der Waals surface area contributed by atoms with Gasteiger partial charge >= 0.3 is 5.97 Å². The van der Waals surface area contributed by atoms with Crippen LogP contribution in [0.25, 0.3) is 0 Å². The summed E-state index contributed by atoms with van der Waals surface area (Å²) in [6, 6.07) is 4.73. The molecule has 0 aliphatic heterocycles. The molecule has 15 heavy (non-hydrogen) atoms. The standard InChI is InChI=1S/C10H10Cl2O3/c1-6(10(13)14-2)15-9-4-7(11)3-8(12)5-9/h3-6H,1-2H3/t6-/m1/s1. The van der Waals surface area contributed by atoms with Crippen LogP contribution in [0.2, 0.25) is 10.0 Å². The van der Waals surface area contributed by atoms with Gasteiger partial charge in [-0.1, -0.05) is 23.2 Å². The minimum atomic E-state index is -0.690. The Hall–Kier alpha value is -0.930. The van der Waals surface area contributed by atoms with E-state index in [1.165, 1.54) is 7.11 Å². The van der Waals surface area contributed by atoms with Gasteiger partial charge in [-0.3, -0.25) is 0 Å². The molecule has 0 radical (unpaired) electrons. The van der Waals surface area contributed by atoms with Gasteiger partial charge in [-0.05, 0) is 25.1 Å². The number of hydrogen-bond donors (Lipinski definition) is 0. The van der Waals surface area contributed by atoms with Gasteiger partial charge in [-0.2, -0.15) is 0 Å². The molecule has 0 unspecified atom stereocenters. The summed E-state index contributed by atoms with van der Waals surface area (Å²) < 4.78 is 9.80. The Morgan fingerprint density at radius 3 is 2.27 bits per heavy atom. The average Bonchev–Trinajstić information content (AvgIpc) is 2.14. The number of rotatable bonds is 3. The molecule has 0 saturated carbocycles. The zero-order valence-electron chi connectivity index (χ0n) is 8.29. The van der Waals surface area contributed by atoms with E-state index in [0.717, 1.165) is 0 Å². The summed E-state index contributed by atoms with van der Waals surface area (Å²) in [6.45, 7) is 1.58. The van der Waals surface area contributed by atoms with E-state index in [1.54, 1.807) is 25.1 Å². The summed E-state index contributed by atoms with van der Waals surface area (Å²) in [4.78, 5) is 11.1. The lowest BCUT2D eigenvalue weighted by Gasteiger charge is -2.12. The molecule has 1 rings (SSSR count). The molecule has 5 heteroatoms. The van der Waals surface area contributed by atoms with E-state index in [0.29, 0.717) is 15.8 Å². The van der Waals surface area contributed by atoms with E-state index >= 15 is 0 Å². The van der Waals surface area contributed by atoms with Crippen molar-refractivity contribution in [2.75, 3.05) is 7.11 Å². The minimum Gasteiger partial charge on any atom is -0.479 e. The lowest BCUT2D eigenvalue weighted by molar-refractivity contribution is -0.147. The van der Waals surface area contributed by atoms with Crippen LogP contribution in [0.3, 0.4) is 0 Å². The molecule has 0 spiro atoms. The maximum Gasteiger partial charge on any atom is 0.346 e. The largest absolute Gasteiger partial charge is 0.479 e. The van der Waals surface area contributed by atoms with Crippen LogP contribution in [0.1, 0.15) is 6.92 Å². The predicted molar refractivity (Wildman–Crippen MR) is 58.6 cm³/mol. The monoisotopic (exact) mass is 248 g/mol. The van der Waals surface area contributed by atoms with Crippen molar-refractivity contribution < 1.29 is 14.3 Å². The molecule has 0 heterocycles. The number of ether oxygens (including phenoxy) is 2. The van der Waals surface area contributed by atoms with Crippen molar-refractivity contribution in [3.63, 3.8) is 0 Å². The summed E-state index contributed by atoms with van der Waals surface area (Å²) in [5.74, 6) is -0.0171. The van der Waals surface area contributed by atoms with Gasteiger partial charge < -0.3 is 9.47 Å². The van der Waals surface area contributed by atoms with Crippen LogP contribution < -0.4 is 4.74 Å². The van der Waals surface area contributed by atoms with Crippen LogP contribution in [0.5, 0.6) is 5.75 Å². The van der Waals surface area contributed by atoms with Crippen molar-refractivity contribution >= 4 is 29.2 Å². The Bertz CT molecular complexity index is 345. The molecule has 0 aromatic heterocycles. The Balaban J connectivity index is 2.76. The van der Waals surface area contributed by atoms with E-state index in [9.17, 15) is 4.79 Å². The van der Waals surface area contributed by atoms with Crippen LogP contribution in [0.15, 0.2) is 18.2 Å². The zero-order chi connectivity index (χ0) is 11.4. The second-order valence-corrected chi connectivity index (χ2v) is 3.76. The van der Waals surface area contributed by atoms with Crippen LogP contribution in [0.4, 0.5) is 0 Å². The number of benzene rings is 1. The molecule has 0 bridgehead atoms. The first-order valence-corrected chi connectivity index (χ1v) is 4.99. The third-order valence-electron chi connectivity index (χ3n) is 1.68. The van der Waals surface area contributed by atoms with E-state index in [1.807, 2.05) is 0 Å². The highest BCUT2D eigenvalue weighted by molar-refractivity contribution is 6.34. The Kier molecular flexibility index (Phi) is 4.24. The summed E-state index contributed by atoms with van der Waals surface area (Å²) in [7, 11) is 1.30. The van der Waals surface area contributed by atoms with Crippen LogP contribution in [-0.2, 0) is 9.53 Å². The van der Waals surface area contributed by atoms with Gasteiger partial charge in [0.15, 0.2) is 6.10 Å². The lowest BCUT2D eigenvalue weighted by Crippen LogP contribution is -2.24. The Morgan fingerprint density at radius 1 is 1.27 bits per heavy atom. The van der Waals surface area contributed by atoms with Crippen molar-refractivity contribution in [3.8, 4) is 5.75 Å². The molecular weight excluding hydrogens is 239 g/mol. The minimum absolute atomic E-state index is 0.436. The molecule has 0 fully saturated rings. The van der Waals surface area contributed by atoms with Gasteiger partial charge in [0.1, 0.15) is 5.75 Å². The normalized spacial score (nSPS) is 12.0. The number of methoxy groups -OCH3 is 1. The first-order valence-electron chi connectivity index (χ1n) is 4.23. The second-order valence-electron chi connectivity index (χ2n) is 2.89. The number of esters is 1. The molecule has 0 aliphatic carbocycles. The molecule has 1 atom stereocenters. The van der Waals surface area contributed by atoms with E-state index in [-0.39, 0.29) is 0 Å². The summed E-state index contributed by atoms with van der Waals surface area (Å²) >= 11 is 11.5. The topological polar surface area (TPSA) is 35.5 Å². The van der Waals surface area contributed by atoms with Gasteiger partial charge in [-0.15, -0.1) is 0 Å². The molecule has 82 valence electrons. The third-order valence-corrected chi connectivity index (χ3v) is 2.12. The maximum atomic E-state index is 11.1. The molecule has 1 aromatic rings. The fourth-order valence-corrected chi connectivity index (χ4v) is 1.52. The number of hydrogen-bond acceptors (Lipinski definition) is 3. The van der Waals surface area contributed by atoms with Gasteiger partial charge in [0.2, 0.25) is 0 Å². The van der Waals surface area contributed by atoms with Crippen molar-refractivity contribution in [3.05, 3.63) is 28.2 Å². The molecule has 0 N–H and O–H groups in total. The maximum absolute atomic E-state index is 11.1. The first kappa shape index (κ1) is 12.1. The summed E-state index contributed by atoms with van der Waals surface area (Å²) in [5.41, 5.74) is 0. The quantitative estimate of drug-likeness (QED) is 0.772. The van der Waals surface area contributed by atoms with E-state index < -0.39 is 12.1 Å². The fourth-order valence-electron chi connectivity index (χ4n) is 1.01. The SMILES string of the molecule is COC(=O)[C@@H](C)Oc1cc(Cl)cc(Cl)c1. The van der Waals surface area contributed by atoms with Crippen LogP contribution in [-0.4, -0.2) is 19.2 Å². The first-order chi connectivity index (χ1) is 7.02. The van der Waals surface area contributed by atoms with Crippen LogP contribution in [0, 0.1) is 0 Å². The van der Waals surface area contributed by atoms with Crippen molar-refractivity contribution in [2.24, 2.45) is 0 Å². The Morgan fingerprint density at radius 2 is 1.80 bits per heavy atom. The van der Waals surface area contributed by atoms with E-state index in [2.05, 4.69) is 4.74 Å². The molecule has 0 aliphatic rings. The van der Waals surface area contributed by atoms with Crippen molar-refractivity contribution in [2.45, 2.75) is 13.0 Å². The third kappa shape index (κ3) is 3.61. The van der Waals surface area contributed by atoms with E-state index in [4.69, 9.17) is 27.9 Å². The second kappa shape index (κ2) is 5.24. The van der Waals surface area contributed by atoms with Gasteiger partial charge in [0.05, 0.1) is 7.11 Å². The van der Waals surface area contributed by atoms with Crippen molar-refractivity contribution in [1.29, 1.82) is 0 Å². The van der Waals surface area contributed by atoms with Crippen molar-refractivity contribution in [1.82, 2.24) is 0 Å². The summed E-state index contributed by atoms with van der Waals surface area (Å²) in [6.07, 6.45) is -0.690. The van der Waals surface area contributed by atoms with Gasteiger partial charge in [0, 0.05) is 10.0 Å². The lowest BCUT2D eigenvalue weighted by atomic mass is 10.3. The highest BCUT2D eigenvalue weighted by atomic mass is 35.5. The smallest absolute Gasteiger partial charge is 0.346 e. The molecular formula is C10H10Cl2O3. The number of carbonyl (C=O) groups is 1. The van der Waals surface area contributed by atoms with Crippen LogP contribution >= 0.6 is 23.2 Å². The van der Waals surface area contributed by atoms with Gasteiger partial charge in [0.25, 0.3) is 0 Å². The highest BCUT2D eigenvalue weighted by Crippen LogP contribution is 2.24. The van der Waals surface area contributed by atoms with Gasteiger partial charge in [-0.25, -0.2) is 4.79 Å². The number of halogens is 2. The zero-order valence-corrected chi connectivity index (χ0v) is 9.80. The summed E-state index contributed by atoms with van der Waals surface area (Å²) in [5, 5.41) is 0.907. The molecule has 0 amide bonds. The Labute approximate surface area is 97.9 Å². The number of carbonyl (C=O) groups excluding carboxylic acids is 1. The highest BCUT2D eigenvalue weighted by Gasteiger charge is 2.15. The fraction of sp³-hybridized carbons (Fsp3) is 0.300. The molecule has 3 nitrogen and oxygen atoms in total. The molecule has 0 saturated heterocycles.